The molecule has 0 unspecified atom stereocenters. The second-order valence-corrected chi connectivity index (χ2v) is 6.13. The number of hydrogen-bond donors (Lipinski definition) is 3. The van der Waals surface area contributed by atoms with E-state index in [1.807, 2.05) is 0 Å². The SMILES string of the molecule is COC(=O)c1c(O)cc(O)c(Cl)c1CC/C=C\C(=O)Nc1cc(F)c(F)cc1F. The number of allylic oxidation sites excluding steroid dienone is 1. The highest BCUT2D eigenvalue weighted by molar-refractivity contribution is 6.33. The van der Waals surface area contributed by atoms with Gasteiger partial charge in [-0.2, -0.15) is 0 Å². The van der Waals surface area contributed by atoms with E-state index in [1.165, 1.54) is 6.08 Å². The number of rotatable bonds is 6. The summed E-state index contributed by atoms with van der Waals surface area (Å²) in [6, 6.07) is 1.71. The van der Waals surface area contributed by atoms with Crippen LogP contribution >= 0.6 is 11.6 Å². The first-order valence-corrected chi connectivity index (χ1v) is 8.47. The van der Waals surface area contributed by atoms with Crippen LogP contribution in [0, 0.1) is 17.5 Å². The maximum Gasteiger partial charge on any atom is 0.341 e. The van der Waals surface area contributed by atoms with Crippen LogP contribution in [0.25, 0.3) is 0 Å². The number of hydrogen-bond acceptors (Lipinski definition) is 5. The highest BCUT2D eigenvalue weighted by Crippen LogP contribution is 2.37. The molecule has 3 N–H and O–H groups in total. The van der Waals surface area contributed by atoms with Crippen molar-refractivity contribution in [3.8, 4) is 11.5 Å². The first-order chi connectivity index (χ1) is 13.6. The van der Waals surface area contributed by atoms with E-state index >= 15 is 0 Å². The maximum atomic E-state index is 13.5. The van der Waals surface area contributed by atoms with Crippen molar-refractivity contribution >= 4 is 29.2 Å². The molecule has 0 spiro atoms. The number of anilines is 1. The summed E-state index contributed by atoms with van der Waals surface area (Å²) in [5.41, 5.74) is -0.655. The third-order valence-corrected chi connectivity index (χ3v) is 4.23. The molecule has 0 aliphatic carbocycles. The molecule has 29 heavy (non-hydrogen) atoms. The van der Waals surface area contributed by atoms with Crippen LogP contribution in [0.4, 0.5) is 18.9 Å². The summed E-state index contributed by atoms with van der Waals surface area (Å²) < 4.78 is 44.1. The Morgan fingerprint density at radius 3 is 2.41 bits per heavy atom. The quantitative estimate of drug-likeness (QED) is 0.365. The molecule has 154 valence electrons. The lowest BCUT2D eigenvalue weighted by atomic mass is 10.0. The molecule has 10 heteroatoms. The van der Waals surface area contributed by atoms with E-state index in [9.17, 15) is 33.0 Å². The van der Waals surface area contributed by atoms with Crippen molar-refractivity contribution in [2.45, 2.75) is 12.8 Å². The number of phenols is 2. The largest absolute Gasteiger partial charge is 0.507 e. The minimum absolute atomic E-state index is 0.0363. The molecule has 0 heterocycles. The average molecular weight is 430 g/mol. The molecule has 2 aromatic rings. The summed E-state index contributed by atoms with van der Waals surface area (Å²) in [4.78, 5) is 23.7. The first-order valence-electron chi connectivity index (χ1n) is 8.09. The minimum Gasteiger partial charge on any atom is -0.507 e. The molecule has 0 saturated heterocycles. The first kappa shape index (κ1) is 22.1. The Hall–Kier alpha value is -3.20. The average Bonchev–Trinajstić information content (AvgIpc) is 2.66. The van der Waals surface area contributed by atoms with E-state index in [2.05, 4.69) is 10.1 Å². The van der Waals surface area contributed by atoms with Crippen LogP contribution in [0.5, 0.6) is 11.5 Å². The van der Waals surface area contributed by atoms with E-state index < -0.39 is 46.5 Å². The number of nitrogens with one attached hydrogen (secondary N) is 1. The van der Waals surface area contributed by atoms with E-state index in [0.717, 1.165) is 19.3 Å². The van der Waals surface area contributed by atoms with Gasteiger partial charge >= 0.3 is 5.97 Å². The van der Waals surface area contributed by atoms with Gasteiger partial charge in [-0.1, -0.05) is 17.7 Å². The van der Waals surface area contributed by atoms with Crippen molar-refractivity contribution in [2.75, 3.05) is 12.4 Å². The molecule has 2 aromatic carbocycles. The van der Waals surface area contributed by atoms with Crippen molar-refractivity contribution in [1.29, 1.82) is 0 Å². The zero-order valence-corrected chi connectivity index (χ0v) is 15.7. The Bertz CT molecular complexity index is 995. The van der Waals surface area contributed by atoms with Crippen LogP contribution in [-0.4, -0.2) is 29.2 Å². The van der Waals surface area contributed by atoms with Crippen molar-refractivity contribution in [2.24, 2.45) is 0 Å². The second kappa shape index (κ2) is 9.33. The summed E-state index contributed by atoms with van der Waals surface area (Å²) in [5, 5.41) is 21.5. The van der Waals surface area contributed by atoms with Crippen molar-refractivity contribution in [3.05, 3.63) is 64.0 Å². The van der Waals surface area contributed by atoms with Gasteiger partial charge in [-0.15, -0.1) is 0 Å². The van der Waals surface area contributed by atoms with E-state index in [1.54, 1.807) is 0 Å². The fourth-order valence-corrected chi connectivity index (χ4v) is 2.70. The zero-order valence-electron chi connectivity index (χ0n) is 14.9. The number of amides is 1. The Labute approximate surface area is 168 Å². The van der Waals surface area contributed by atoms with Crippen LogP contribution in [0.2, 0.25) is 5.02 Å². The summed E-state index contributed by atoms with van der Waals surface area (Å²) in [6.07, 6.45) is 2.51. The van der Waals surface area contributed by atoms with Gasteiger partial charge in [0, 0.05) is 18.2 Å². The van der Waals surface area contributed by atoms with Gasteiger partial charge in [0.25, 0.3) is 0 Å². The number of benzene rings is 2. The fraction of sp³-hybridized carbons (Fsp3) is 0.158. The summed E-state index contributed by atoms with van der Waals surface area (Å²) in [5.74, 6) is -6.49. The smallest absolute Gasteiger partial charge is 0.341 e. The Kier molecular flexibility index (Phi) is 7.11. The molecular weight excluding hydrogens is 415 g/mol. The molecule has 0 aromatic heterocycles. The number of carbonyl (C=O) groups excluding carboxylic acids is 2. The van der Waals surface area contributed by atoms with Gasteiger partial charge in [0.2, 0.25) is 5.91 Å². The Morgan fingerprint density at radius 2 is 1.76 bits per heavy atom. The Morgan fingerprint density at radius 1 is 1.10 bits per heavy atom. The van der Waals surface area contributed by atoms with E-state index in [0.29, 0.717) is 12.1 Å². The van der Waals surface area contributed by atoms with Crippen LogP contribution in [0.1, 0.15) is 22.3 Å². The molecule has 0 saturated carbocycles. The van der Waals surface area contributed by atoms with Gasteiger partial charge in [-0.05, 0) is 24.5 Å². The molecule has 0 radical (unpaired) electrons. The van der Waals surface area contributed by atoms with Crippen molar-refractivity contribution < 1.29 is 37.7 Å². The van der Waals surface area contributed by atoms with Crippen LogP contribution in [-0.2, 0) is 16.0 Å². The van der Waals surface area contributed by atoms with E-state index in [-0.39, 0.29) is 29.0 Å². The lowest BCUT2D eigenvalue weighted by Gasteiger charge is -2.12. The minimum atomic E-state index is -1.39. The number of halogens is 4. The molecule has 0 fully saturated rings. The fourth-order valence-electron chi connectivity index (χ4n) is 2.46. The molecule has 0 atom stereocenters. The lowest BCUT2D eigenvalue weighted by molar-refractivity contribution is -0.111. The summed E-state index contributed by atoms with van der Waals surface area (Å²) in [7, 11) is 1.11. The number of aromatic hydroxyl groups is 2. The molecule has 2 rings (SSSR count). The molecule has 1 amide bonds. The standard InChI is InChI=1S/C19H15ClF3NO5/c1-29-19(28)17-9(18(20)15(26)8-14(17)25)4-2-3-5-16(27)24-13-7-11(22)10(21)6-12(13)23/h3,5-8,25-26H,2,4H2,1H3,(H,24,27)/b5-3-. The number of esters is 1. The lowest BCUT2D eigenvalue weighted by Crippen LogP contribution is -2.10. The van der Waals surface area contributed by atoms with Crippen molar-refractivity contribution in [1.82, 2.24) is 0 Å². The maximum absolute atomic E-state index is 13.5. The zero-order chi connectivity index (χ0) is 21.7. The van der Waals surface area contributed by atoms with Gasteiger partial charge in [-0.3, -0.25) is 4.79 Å². The third-order valence-electron chi connectivity index (χ3n) is 3.81. The van der Waals surface area contributed by atoms with Gasteiger partial charge < -0.3 is 20.3 Å². The van der Waals surface area contributed by atoms with Gasteiger partial charge in [0.15, 0.2) is 11.6 Å². The predicted molar refractivity (Wildman–Crippen MR) is 98.5 cm³/mol. The number of methoxy groups -OCH3 is 1. The molecule has 0 bridgehead atoms. The van der Waals surface area contributed by atoms with Gasteiger partial charge in [0.05, 0.1) is 17.8 Å². The number of ether oxygens (including phenoxy) is 1. The molecule has 0 aliphatic rings. The van der Waals surface area contributed by atoms with Gasteiger partial charge in [-0.25, -0.2) is 18.0 Å². The van der Waals surface area contributed by atoms with Crippen LogP contribution in [0.15, 0.2) is 30.4 Å². The van der Waals surface area contributed by atoms with Crippen LogP contribution in [0.3, 0.4) is 0 Å². The number of carbonyl (C=O) groups is 2. The summed E-state index contributed by atoms with van der Waals surface area (Å²) in [6.45, 7) is 0. The monoisotopic (exact) mass is 429 g/mol. The third kappa shape index (κ3) is 5.20. The van der Waals surface area contributed by atoms with E-state index in [4.69, 9.17) is 11.6 Å². The number of phenolic OH excluding ortho intramolecular Hbond substituents is 2. The molecule has 6 nitrogen and oxygen atoms in total. The highest BCUT2D eigenvalue weighted by Gasteiger charge is 2.22. The highest BCUT2D eigenvalue weighted by atomic mass is 35.5. The topological polar surface area (TPSA) is 95.9 Å². The van der Waals surface area contributed by atoms with Crippen molar-refractivity contribution in [3.63, 3.8) is 0 Å². The van der Waals surface area contributed by atoms with Gasteiger partial charge in [0.1, 0.15) is 22.9 Å². The molecule has 0 aliphatic heterocycles. The second-order valence-electron chi connectivity index (χ2n) is 5.75. The summed E-state index contributed by atoms with van der Waals surface area (Å²) >= 11 is 5.99. The molecular formula is C19H15ClF3NO5. The Balaban J connectivity index is 2.10. The predicted octanol–water partition coefficient (Wildman–Crippen LogP) is 4.08. The normalized spacial score (nSPS) is 10.9. The van der Waals surface area contributed by atoms with Crippen LogP contribution < -0.4 is 5.32 Å².